The molecule has 106 valence electrons. The molecule has 3 aromatic rings. The molecule has 0 spiro atoms. The highest BCUT2D eigenvalue weighted by Gasteiger charge is 2.28. The van der Waals surface area contributed by atoms with Crippen molar-refractivity contribution in [3.05, 3.63) is 76.8 Å². The number of Topliss-reactive ketones (excluding diaryl/α,β-unsaturated/α-hetero) is 1. The Morgan fingerprint density at radius 1 is 0.864 bits per heavy atom. The summed E-state index contributed by atoms with van der Waals surface area (Å²) in [7, 11) is 0. The predicted molar refractivity (Wildman–Crippen MR) is 89.9 cm³/mol. The summed E-state index contributed by atoms with van der Waals surface area (Å²) >= 11 is 6.10. The first-order valence-electron chi connectivity index (χ1n) is 6.91. The third-order valence-corrected chi connectivity index (χ3v) is 4.11. The Bertz CT molecular complexity index is 941. The van der Waals surface area contributed by atoms with E-state index in [-0.39, 0.29) is 5.78 Å². The Labute approximate surface area is 132 Å². The monoisotopic (exact) mass is 306 g/mol. The van der Waals surface area contributed by atoms with Gasteiger partial charge in [0.05, 0.1) is 10.7 Å². The second-order valence-electron chi connectivity index (χ2n) is 5.09. The van der Waals surface area contributed by atoms with Crippen LogP contribution in [-0.2, 0) is 0 Å². The van der Waals surface area contributed by atoms with Crippen LogP contribution in [0, 0.1) is 0 Å². The molecule has 0 aliphatic heterocycles. The van der Waals surface area contributed by atoms with E-state index in [1.165, 1.54) is 0 Å². The molecule has 1 aliphatic rings. The van der Waals surface area contributed by atoms with Crippen molar-refractivity contribution in [2.45, 2.75) is 0 Å². The van der Waals surface area contributed by atoms with Gasteiger partial charge < -0.3 is 0 Å². The van der Waals surface area contributed by atoms with Gasteiger partial charge in [-0.25, -0.2) is 0 Å². The maximum absolute atomic E-state index is 12.6. The van der Waals surface area contributed by atoms with E-state index in [1.807, 2.05) is 54.6 Å². The van der Waals surface area contributed by atoms with Gasteiger partial charge in [0.1, 0.15) is 5.71 Å². The second kappa shape index (κ2) is 4.97. The zero-order valence-electron chi connectivity index (χ0n) is 11.5. The fraction of sp³-hybridized carbons (Fsp3) is 0. The number of carbonyl (C=O) groups is 1. The van der Waals surface area contributed by atoms with Gasteiger partial charge in [-0.15, -0.1) is 0 Å². The summed E-state index contributed by atoms with van der Waals surface area (Å²) in [6.07, 6.45) is 0. The van der Waals surface area contributed by atoms with Crippen LogP contribution in [-0.4, -0.2) is 11.5 Å². The van der Waals surface area contributed by atoms with Crippen molar-refractivity contribution in [1.29, 1.82) is 0 Å². The lowest BCUT2D eigenvalue weighted by Crippen LogP contribution is -2.11. The van der Waals surface area contributed by atoms with Gasteiger partial charge in [-0.05, 0) is 17.5 Å². The van der Waals surface area contributed by atoms with E-state index in [0.717, 1.165) is 16.3 Å². The van der Waals surface area contributed by atoms with E-state index in [9.17, 15) is 4.79 Å². The standard InChI is InChI=1S/C18H11ClN2O/c19-14-9-1-2-10-15(14)20-21-17-12-7-3-5-11-6-4-8-13(16(11)12)18(17)22/h1-10,20H/b21-17+. The SMILES string of the molecule is O=C1/C(=N/Nc2ccccc2Cl)c2cccc3cccc1c23. The van der Waals surface area contributed by atoms with Crippen LogP contribution in [0.15, 0.2) is 65.8 Å². The molecule has 0 saturated carbocycles. The first kappa shape index (κ1) is 13.0. The fourth-order valence-corrected chi connectivity index (χ4v) is 2.93. The first-order valence-corrected chi connectivity index (χ1v) is 7.28. The van der Waals surface area contributed by atoms with Crippen molar-refractivity contribution in [2.75, 3.05) is 5.43 Å². The molecule has 0 aromatic heterocycles. The highest BCUT2D eigenvalue weighted by molar-refractivity contribution is 6.59. The number of ketones is 1. The number of nitrogens with zero attached hydrogens (tertiary/aromatic N) is 1. The maximum Gasteiger partial charge on any atom is 0.214 e. The highest BCUT2D eigenvalue weighted by Crippen LogP contribution is 2.31. The summed E-state index contributed by atoms with van der Waals surface area (Å²) < 4.78 is 0. The number of carbonyl (C=O) groups excluding carboxylic acids is 1. The van der Waals surface area contributed by atoms with Gasteiger partial charge in [0.25, 0.3) is 0 Å². The molecule has 0 atom stereocenters. The van der Waals surface area contributed by atoms with E-state index in [4.69, 9.17) is 11.6 Å². The lowest BCUT2D eigenvalue weighted by molar-refractivity contribution is 0.107. The number of hydrogen-bond donors (Lipinski definition) is 1. The van der Waals surface area contributed by atoms with Gasteiger partial charge in [0.15, 0.2) is 0 Å². The third kappa shape index (κ3) is 1.90. The van der Waals surface area contributed by atoms with Crippen molar-refractivity contribution in [3.8, 4) is 0 Å². The molecule has 3 aromatic carbocycles. The van der Waals surface area contributed by atoms with Crippen LogP contribution in [0.25, 0.3) is 10.8 Å². The quantitative estimate of drug-likeness (QED) is 0.708. The maximum atomic E-state index is 12.6. The molecular formula is C18H11ClN2O. The molecule has 22 heavy (non-hydrogen) atoms. The van der Waals surface area contributed by atoms with Crippen LogP contribution >= 0.6 is 11.6 Å². The molecule has 0 fully saturated rings. The molecule has 4 heteroatoms. The number of rotatable bonds is 2. The minimum Gasteiger partial charge on any atom is -0.287 e. The normalized spacial score (nSPS) is 14.8. The Morgan fingerprint density at radius 2 is 1.59 bits per heavy atom. The van der Waals surface area contributed by atoms with E-state index in [1.54, 1.807) is 6.07 Å². The average Bonchev–Trinajstić information content (AvgIpc) is 2.82. The summed E-state index contributed by atoms with van der Waals surface area (Å²) in [5.41, 5.74) is 5.56. The van der Waals surface area contributed by atoms with Crippen LogP contribution in [0.3, 0.4) is 0 Å². The number of benzene rings is 3. The molecule has 4 rings (SSSR count). The molecule has 1 N–H and O–H groups in total. The number of halogens is 1. The third-order valence-electron chi connectivity index (χ3n) is 3.78. The van der Waals surface area contributed by atoms with E-state index < -0.39 is 0 Å². The molecule has 0 heterocycles. The van der Waals surface area contributed by atoms with Gasteiger partial charge in [-0.3, -0.25) is 10.2 Å². The summed E-state index contributed by atoms with van der Waals surface area (Å²) in [6, 6.07) is 18.9. The Morgan fingerprint density at radius 3 is 2.36 bits per heavy atom. The topological polar surface area (TPSA) is 41.5 Å². The molecule has 1 aliphatic carbocycles. The first-order chi connectivity index (χ1) is 10.8. The number of hydrogen-bond acceptors (Lipinski definition) is 3. The van der Waals surface area contributed by atoms with Crippen LogP contribution in [0.2, 0.25) is 5.02 Å². The second-order valence-corrected chi connectivity index (χ2v) is 5.50. The van der Waals surface area contributed by atoms with E-state index in [2.05, 4.69) is 10.5 Å². The zero-order chi connectivity index (χ0) is 15.1. The summed E-state index contributed by atoms with van der Waals surface area (Å²) in [6.45, 7) is 0. The minimum atomic E-state index is -0.0636. The molecule has 3 nitrogen and oxygen atoms in total. The van der Waals surface area contributed by atoms with Crippen molar-refractivity contribution >= 4 is 39.6 Å². The van der Waals surface area contributed by atoms with Crippen LogP contribution in [0.4, 0.5) is 5.69 Å². The van der Waals surface area contributed by atoms with Gasteiger partial charge >= 0.3 is 0 Å². The molecule has 0 bridgehead atoms. The van der Waals surface area contributed by atoms with Crippen molar-refractivity contribution in [3.63, 3.8) is 0 Å². The summed E-state index contributed by atoms with van der Waals surface area (Å²) in [5, 5.41) is 6.89. The smallest absolute Gasteiger partial charge is 0.214 e. The van der Waals surface area contributed by atoms with Crippen molar-refractivity contribution in [2.24, 2.45) is 5.10 Å². The van der Waals surface area contributed by atoms with Gasteiger partial charge in [0, 0.05) is 16.5 Å². The predicted octanol–water partition coefficient (Wildman–Crippen LogP) is 4.51. The zero-order valence-corrected chi connectivity index (χ0v) is 12.3. The summed E-state index contributed by atoms with van der Waals surface area (Å²) in [5.74, 6) is -0.0636. The lowest BCUT2D eigenvalue weighted by Gasteiger charge is -2.04. The Balaban J connectivity index is 1.82. The fourth-order valence-electron chi connectivity index (χ4n) is 2.76. The molecule has 0 radical (unpaired) electrons. The number of para-hydroxylation sites is 1. The summed E-state index contributed by atoms with van der Waals surface area (Å²) in [4.78, 5) is 12.6. The molecule has 0 saturated heterocycles. The van der Waals surface area contributed by atoms with Gasteiger partial charge in [-0.2, -0.15) is 5.10 Å². The van der Waals surface area contributed by atoms with E-state index in [0.29, 0.717) is 22.0 Å². The van der Waals surface area contributed by atoms with Crippen molar-refractivity contribution < 1.29 is 4.79 Å². The Kier molecular flexibility index (Phi) is 2.94. The largest absolute Gasteiger partial charge is 0.287 e. The molecule has 0 unspecified atom stereocenters. The van der Waals surface area contributed by atoms with Crippen LogP contribution < -0.4 is 5.43 Å². The number of anilines is 1. The average molecular weight is 307 g/mol. The van der Waals surface area contributed by atoms with Gasteiger partial charge in [0.2, 0.25) is 5.78 Å². The number of hydrazone groups is 1. The van der Waals surface area contributed by atoms with E-state index >= 15 is 0 Å². The lowest BCUT2D eigenvalue weighted by atomic mass is 10.1. The van der Waals surface area contributed by atoms with Gasteiger partial charge in [-0.1, -0.05) is 60.1 Å². The molecule has 0 amide bonds. The molecular weight excluding hydrogens is 296 g/mol. The highest BCUT2D eigenvalue weighted by atomic mass is 35.5. The van der Waals surface area contributed by atoms with Crippen LogP contribution in [0.1, 0.15) is 15.9 Å². The van der Waals surface area contributed by atoms with Crippen molar-refractivity contribution in [1.82, 2.24) is 0 Å². The Hall–Kier alpha value is -2.65. The number of nitrogens with one attached hydrogen (secondary N) is 1. The van der Waals surface area contributed by atoms with Crippen LogP contribution in [0.5, 0.6) is 0 Å². The minimum absolute atomic E-state index is 0.0636.